The molecule has 1 aromatic carbocycles. The van der Waals surface area contributed by atoms with Crippen LogP contribution >= 0.6 is 0 Å². The van der Waals surface area contributed by atoms with Gasteiger partial charge < -0.3 is 20.7 Å². The van der Waals surface area contributed by atoms with Gasteiger partial charge in [-0.2, -0.15) is 0 Å². The minimum atomic E-state index is -1.37. The molecular weight excluding hydrogens is 538 g/mol. The number of rotatable bonds is 14. The van der Waals surface area contributed by atoms with Crippen LogP contribution in [0.15, 0.2) is 36.9 Å². The molecule has 0 saturated heterocycles. The normalized spacial score (nSPS) is 14.3. The second kappa shape index (κ2) is 14.6. The van der Waals surface area contributed by atoms with Gasteiger partial charge in [-0.25, -0.2) is 15.0 Å². The number of nitrogen functional groups attached to an aromatic ring is 1. The van der Waals surface area contributed by atoms with E-state index in [1.54, 1.807) is 0 Å². The number of aromatic nitrogens is 4. The van der Waals surface area contributed by atoms with Crippen molar-refractivity contribution in [1.82, 2.24) is 29.7 Å². The first-order valence-corrected chi connectivity index (χ1v) is 14.3. The standard InChI is InChI=1S/C30H45N7O5/c1-19(2)36(16-22(42-6)26(40)29(41)37-18-34-25-27(31)32-17-33-28(25)37)14-8-7-9-23(38)35-24(39)15-20-10-12-21(13-11-20)30(3,4)5/h10-13,17-19,22,26,29,40-41H,7-9,14-16H2,1-6H3,(H2,31,32,33)(H,35,38,39)/t22?,26-,29+/m1/s1. The van der Waals surface area contributed by atoms with Gasteiger partial charge in [0.2, 0.25) is 11.8 Å². The van der Waals surface area contributed by atoms with Gasteiger partial charge in [0, 0.05) is 26.1 Å². The monoisotopic (exact) mass is 583 g/mol. The van der Waals surface area contributed by atoms with Crippen molar-refractivity contribution >= 4 is 28.8 Å². The van der Waals surface area contributed by atoms with Gasteiger partial charge in [0.05, 0.1) is 12.7 Å². The Balaban J connectivity index is 1.46. The lowest BCUT2D eigenvalue weighted by molar-refractivity contribution is -0.130. The van der Waals surface area contributed by atoms with Crippen LogP contribution < -0.4 is 11.1 Å². The molecule has 2 heterocycles. The Hall–Kier alpha value is -3.45. The summed E-state index contributed by atoms with van der Waals surface area (Å²) in [5, 5.41) is 24.4. The SMILES string of the molecule is COC(CN(CCCCC(=O)NC(=O)Cc1ccc(C(C)(C)C)cc1)C(C)C)[C@@H](O)[C@H](O)n1cnc2c(N)ncnc21. The molecule has 3 rings (SSSR count). The molecule has 12 heteroatoms. The summed E-state index contributed by atoms with van der Waals surface area (Å²) < 4.78 is 6.90. The molecular formula is C30H45N7O5. The topological polar surface area (TPSA) is 169 Å². The Morgan fingerprint density at radius 3 is 2.38 bits per heavy atom. The third-order valence-electron chi connectivity index (χ3n) is 7.37. The highest BCUT2D eigenvalue weighted by molar-refractivity contribution is 5.96. The highest BCUT2D eigenvalue weighted by Gasteiger charge is 2.31. The van der Waals surface area contributed by atoms with Crippen LogP contribution in [0.5, 0.6) is 0 Å². The van der Waals surface area contributed by atoms with Gasteiger partial charge in [-0.3, -0.25) is 24.4 Å². The molecule has 2 amide bonds. The van der Waals surface area contributed by atoms with E-state index in [0.717, 1.165) is 5.56 Å². The number of aliphatic hydroxyl groups excluding tert-OH is 2. The number of benzene rings is 1. The maximum absolute atomic E-state index is 12.4. The van der Waals surface area contributed by atoms with Crippen molar-refractivity contribution in [3.63, 3.8) is 0 Å². The number of anilines is 1. The van der Waals surface area contributed by atoms with E-state index in [2.05, 4.69) is 45.9 Å². The van der Waals surface area contributed by atoms with Gasteiger partial charge in [-0.1, -0.05) is 45.0 Å². The highest BCUT2D eigenvalue weighted by atomic mass is 16.5. The molecule has 1 unspecified atom stereocenters. The third-order valence-corrected chi connectivity index (χ3v) is 7.37. The van der Waals surface area contributed by atoms with E-state index in [1.807, 2.05) is 38.1 Å². The quantitative estimate of drug-likeness (QED) is 0.207. The van der Waals surface area contributed by atoms with E-state index in [4.69, 9.17) is 10.5 Å². The molecule has 0 bridgehead atoms. The van der Waals surface area contributed by atoms with Crippen LogP contribution in [0.2, 0.25) is 0 Å². The van der Waals surface area contributed by atoms with Crippen LogP contribution in [0.4, 0.5) is 5.82 Å². The largest absolute Gasteiger partial charge is 0.386 e. The number of unbranched alkanes of at least 4 members (excludes halogenated alkanes) is 1. The zero-order valence-corrected chi connectivity index (χ0v) is 25.4. The maximum atomic E-state index is 12.4. The van der Waals surface area contributed by atoms with Crippen LogP contribution in [0.3, 0.4) is 0 Å². The van der Waals surface area contributed by atoms with Crippen LogP contribution in [-0.2, 0) is 26.2 Å². The average Bonchev–Trinajstić information content (AvgIpc) is 3.37. The zero-order chi connectivity index (χ0) is 31.0. The van der Waals surface area contributed by atoms with Crippen LogP contribution in [0, 0.1) is 0 Å². The number of carbonyl (C=O) groups is 2. The predicted octanol–water partition coefficient (Wildman–Crippen LogP) is 2.34. The number of hydrogen-bond donors (Lipinski definition) is 4. The molecule has 2 aromatic heterocycles. The van der Waals surface area contributed by atoms with Crippen molar-refractivity contribution < 1.29 is 24.5 Å². The van der Waals surface area contributed by atoms with Crippen molar-refractivity contribution in [1.29, 1.82) is 0 Å². The van der Waals surface area contributed by atoms with Crippen molar-refractivity contribution in [2.75, 3.05) is 25.9 Å². The summed E-state index contributed by atoms with van der Waals surface area (Å²) in [5.74, 6) is -0.436. The Morgan fingerprint density at radius 2 is 1.76 bits per heavy atom. The Morgan fingerprint density at radius 1 is 1.07 bits per heavy atom. The fraction of sp³-hybridized carbons (Fsp3) is 0.567. The molecule has 0 aliphatic carbocycles. The van der Waals surface area contributed by atoms with Crippen LogP contribution in [0.25, 0.3) is 11.2 Å². The van der Waals surface area contributed by atoms with Crippen LogP contribution in [-0.4, -0.2) is 84.9 Å². The smallest absolute Gasteiger partial charge is 0.230 e. The Labute approximate surface area is 247 Å². The van der Waals surface area contributed by atoms with Crippen molar-refractivity contribution in [3.8, 4) is 0 Å². The van der Waals surface area contributed by atoms with Gasteiger partial charge in [-0.05, 0) is 49.8 Å². The van der Waals surface area contributed by atoms with Gasteiger partial charge in [0.25, 0.3) is 0 Å². The maximum Gasteiger partial charge on any atom is 0.230 e. The first-order valence-electron chi connectivity index (χ1n) is 14.3. The summed E-state index contributed by atoms with van der Waals surface area (Å²) in [5.41, 5.74) is 8.56. The number of nitrogens with two attached hydrogens (primary N) is 1. The molecule has 0 radical (unpaired) electrons. The van der Waals surface area contributed by atoms with E-state index < -0.39 is 18.4 Å². The minimum absolute atomic E-state index is 0.0363. The summed E-state index contributed by atoms with van der Waals surface area (Å²) in [6.07, 6.45) is 0.914. The summed E-state index contributed by atoms with van der Waals surface area (Å²) in [6, 6.07) is 8.01. The lowest BCUT2D eigenvalue weighted by Gasteiger charge is -2.33. The number of aliphatic hydroxyl groups is 2. The fourth-order valence-electron chi connectivity index (χ4n) is 4.70. The number of nitrogens with zero attached hydrogens (tertiary/aromatic N) is 5. The molecule has 0 aliphatic rings. The van der Waals surface area contributed by atoms with Gasteiger partial charge in [0.1, 0.15) is 24.1 Å². The number of nitrogens with one attached hydrogen (secondary N) is 1. The second-order valence-electron chi connectivity index (χ2n) is 11.9. The van der Waals surface area contributed by atoms with Crippen molar-refractivity contribution in [2.24, 2.45) is 0 Å². The van der Waals surface area contributed by atoms with Crippen LogP contribution in [0.1, 0.15) is 71.2 Å². The third kappa shape index (κ3) is 8.78. The van der Waals surface area contributed by atoms with Gasteiger partial charge in [0.15, 0.2) is 17.7 Å². The average molecular weight is 584 g/mol. The number of amides is 2. The Kier molecular flexibility index (Phi) is 11.5. The van der Waals surface area contributed by atoms with Crippen molar-refractivity contribution in [3.05, 3.63) is 48.0 Å². The molecule has 3 aromatic rings. The number of carbonyl (C=O) groups excluding carboxylic acids is 2. The van der Waals surface area contributed by atoms with E-state index in [1.165, 1.54) is 29.9 Å². The minimum Gasteiger partial charge on any atom is -0.386 e. The molecule has 3 atom stereocenters. The highest BCUT2D eigenvalue weighted by Crippen LogP contribution is 2.23. The second-order valence-corrected chi connectivity index (χ2v) is 11.9. The van der Waals surface area contributed by atoms with E-state index in [-0.39, 0.29) is 41.9 Å². The zero-order valence-electron chi connectivity index (χ0n) is 25.4. The first kappa shape index (κ1) is 33.1. The van der Waals surface area contributed by atoms with Gasteiger partial charge in [-0.15, -0.1) is 0 Å². The summed E-state index contributed by atoms with van der Waals surface area (Å²) in [6.45, 7) is 11.4. The number of imide groups is 1. The number of imidazole rings is 1. The Bertz CT molecular complexity index is 1320. The molecule has 0 fully saturated rings. The fourth-order valence-corrected chi connectivity index (χ4v) is 4.70. The number of ether oxygens (including phenoxy) is 1. The summed E-state index contributed by atoms with van der Waals surface area (Å²) in [7, 11) is 1.48. The lowest BCUT2D eigenvalue weighted by atomic mass is 9.86. The first-order chi connectivity index (χ1) is 19.8. The summed E-state index contributed by atoms with van der Waals surface area (Å²) >= 11 is 0. The molecule has 5 N–H and O–H groups in total. The van der Waals surface area contributed by atoms with E-state index in [0.29, 0.717) is 37.1 Å². The molecule has 230 valence electrons. The molecule has 0 spiro atoms. The molecule has 0 aliphatic heterocycles. The number of hydrogen-bond acceptors (Lipinski definition) is 10. The molecule has 42 heavy (non-hydrogen) atoms. The lowest BCUT2D eigenvalue weighted by Crippen LogP contribution is -2.46. The van der Waals surface area contributed by atoms with E-state index in [9.17, 15) is 19.8 Å². The summed E-state index contributed by atoms with van der Waals surface area (Å²) in [4.78, 5) is 39.0. The predicted molar refractivity (Wildman–Crippen MR) is 160 cm³/mol. The van der Waals surface area contributed by atoms with Crippen molar-refractivity contribution in [2.45, 2.75) is 90.2 Å². The molecule has 12 nitrogen and oxygen atoms in total. The molecule has 0 saturated carbocycles. The van der Waals surface area contributed by atoms with Gasteiger partial charge >= 0.3 is 0 Å². The number of fused-ring (bicyclic) bond motifs is 1. The van der Waals surface area contributed by atoms with E-state index >= 15 is 0 Å². The number of methoxy groups -OCH3 is 1.